The Morgan fingerprint density at radius 3 is 0.870 bits per heavy atom. The van der Waals surface area contributed by atoms with Gasteiger partial charge < -0.3 is 18.9 Å². The monoisotopic (exact) mass is 620 g/mol. The molecule has 2 aliphatic carbocycles. The van der Waals surface area contributed by atoms with Crippen LogP contribution in [0.4, 0.5) is 0 Å². The van der Waals surface area contributed by atoms with E-state index in [1.165, 1.54) is 0 Å². The predicted octanol–water partition coefficient (Wildman–Crippen LogP) is 5.89. The number of carbonyl (C=O) groups excluding carboxylic acids is 4. The Labute approximate surface area is 267 Å². The lowest BCUT2D eigenvalue weighted by atomic mass is 9.85. The van der Waals surface area contributed by atoms with Gasteiger partial charge in [-0.25, -0.2) is 0 Å². The Bertz CT molecular complexity index is 1560. The second-order valence-electron chi connectivity index (χ2n) is 12.6. The van der Waals surface area contributed by atoms with E-state index in [0.29, 0.717) is 25.7 Å². The lowest BCUT2D eigenvalue weighted by Crippen LogP contribution is -2.42. The zero-order valence-electron chi connectivity index (χ0n) is 25.6. The summed E-state index contributed by atoms with van der Waals surface area (Å²) in [5, 5.41) is 4.35. The summed E-state index contributed by atoms with van der Waals surface area (Å²) in [5.41, 5.74) is 4.20. The number of carbonyl (C=O) groups is 4. The minimum Gasteiger partial charge on any atom is -0.458 e. The second-order valence-corrected chi connectivity index (χ2v) is 12.6. The van der Waals surface area contributed by atoms with Crippen molar-refractivity contribution >= 4 is 45.4 Å². The minimum atomic E-state index is -0.653. The zero-order valence-corrected chi connectivity index (χ0v) is 25.6. The standard InChI is InChI=1S/C38H36O8/c39-35-11-5-13-37(41)45-33-21-29-17-25-9-3-4-10-26(25)18-30(29)22-34(33)46-38(42)14-6-12-36(40)44-32-20-28-16-24-8-2-1-7-23(24)15-27(28)19-31(32)43-35/h1-4,7-10,15-18,31-34H,5-6,11-14,19-22H2. The van der Waals surface area contributed by atoms with E-state index in [0.717, 1.165) is 43.8 Å². The molecule has 1 fully saturated rings. The lowest BCUT2D eigenvalue weighted by molar-refractivity contribution is -0.172. The summed E-state index contributed by atoms with van der Waals surface area (Å²) in [6.45, 7) is 0. The van der Waals surface area contributed by atoms with Crippen molar-refractivity contribution in [2.45, 2.75) is 88.6 Å². The Balaban J connectivity index is 1.08. The number of ether oxygens (including phenoxy) is 4. The number of rotatable bonds is 0. The fourth-order valence-electron chi connectivity index (χ4n) is 6.96. The summed E-state index contributed by atoms with van der Waals surface area (Å²) in [6.07, 6.45) is -0.373. The maximum absolute atomic E-state index is 13.0. The highest BCUT2D eigenvalue weighted by Crippen LogP contribution is 2.32. The Kier molecular flexibility index (Phi) is 8.43. The number of fused-ring (bicyclic) bond motifs is 6. The highest BCUT2D eigenvalue weighted by atomic mass is 16.6. The van der Waals surface area contributed by atoms with Gasteiger partial charge >= 0.3 is 23.9 Å². The van der Waals surface area contributed by atoms with Gasteiger partial charge in [-0.15, -0.1) is 0 Å². The van der Waals surface area contributed by atoms with Gasteiger partial charge in [-0.1, -0.05) is 72.8 Å². The van der Waals surface area contributed by atoms with Gasteiger partial charge in [-0.05, 0) is 56.6 Å². The molecule has 1 saturated heterocycles. The van der Waals surface area contributed by atoms with Crippen molar-refractivity contribution in [1.82, 2.24) is 0 Å². The molecule has 0 spiro atoms. The van der Waals surface area contributed by atoms with Gasteiger partial charge in [0.1, 0.15) is 24.4 Å². The van der Waals surface area contributed by atoms with Gasteiger partial charge in [0.05, 0.1) is 0 Å². The van der Waals surface area contributed by atoms with E-state index in [1.54, 1.807) is 0 Å². The molecular formula is C38H36O8. The largest absolute Gasteiger partial charge is 0.458 e. The third-order valence-electron chi connectivity index (χ3n) is 9.30. The molecule has 3 aliphatic rings. The van der Waals surface area contributed by atoms with Crippen LogP contribution in [0, 0.1) is 0 Å². The Hall–Kier alpha value is -4.72. The molecule has 1 heterocycles. The van der Waals surface area contributed by atoms with Crippen molar-refractivity contribution in [1.29, 1.82) is 0 Å². The first-order chi connectivity index (χ1) is 22.4. The topological polar surface area (TPSA) is 105 Å². The van der Waals surface area contributed by atoms with Crippen LogP contribution in [0.1, 0.15) is 60.8 Å². The van der Waals surface area contributed by atoms with Crippen LogP contribution in [-0.4, -0.2) is 48.3 Å². The van der Waals surface area contributed by atoms with Crippen molar-refractivity contribution in [2.75, 3.05) is 0 Å². The van der Waals surface area contributed by atoms with Crippen LogP contribution in [0.25, 0.3) is 21.5 Å². The van der Waals surface area contributed by atoms with E-state index in [2.05, 4.69) is 24.3 Å². The SMILES string of the molecule is O=C1CCCC(=O)OC2Cc3cc4ccccc4cc3CC2OC(=O)CCCC(=O)OC2Cc3cc4ccccc4cc3CC2O1. The van der Waals surface area contributed by atoms with E-state index in [9.17, 15) is 19.2 Å². The van der Waals surface area contributed by atoms with Gasteiger partial charge in [0.25, 0.3) is 0 Å². The first-order valence-electron chi connectivity index (χ1n) is 16.2. The lowest BCUT2D eigenvalue weighted by Gasteiger charge is -2.33. The molecule has 0 amide bonds. The number of esters is 4. The molecule has 0 radical (unpaired) electrons. The maximum atomic E-state index is 13.0. The predicted molar refractivity (Wildman–Crippen MR) is 170 cm³/mol. The minimum absolute atomic E-state index is 0.0226. The molecule has 4 unspecified atom stereocenters. The summed E-state index contributed by atoms with van der Waals surface area (Å²) in [4.78, 5) is 51.9. The molecule has 0 bridgehead atoms. The van der Waals surface area contributed by atoms with E-state index < -0.39 is 48.3 Å². The first-order valence-corrected chi connectivity index (χ1v) is 16.2. The van der Waals surface area contributed by atoms with E-state index in [4.69, 9.17) is 18.9 Å². The van der Waals surface area contributed by atoms with Crippen LogP contribution in [0.3, 0.4) is 0 Å². The normalized spacial score (nSPS) is 24.5. The molecule has 0 saturated carbocycles. The average molecular weight is 621 g/mol. The summed E-state index contributed by atoms with van der Waals surface area (Å²) >= 11 is 0. The fourth-order valence-corrected chi connectivity index (χ4v) is 6.96. The van der Waals surface area contributed by atoms with Crippen LogP contribution in [0.15, 0.2) is 72.8 Å². The third kappa shape index (κ3) is 6.62. The van der Waals surface area contributed by atoms with Gasteiger partial charge in [-0.3, -0.25) is 19.2 Å². The van der Waals surface area contributed by atoms with Gasteiger partial charge in [0, 0.05) is 51.4 Å². The maximum Gasteiger partial charge on any atom is 0.306 e. The van der Waals surface area contributed by atoms with Crippen LogP contribution in [0.2, 0.25) is 0 Å². The van der Waals surface area contributed by atoms with Crippen LogP contribution in [-0.2, 0) is 63.8 Å². The molecule has 8 nitrogen and oxygen atoms in total. The molecule has 236 valence electrons. The smallest absolute Gasteiger partial charge is 0.306 e. The van der Waals surface area contributed by atoms with Crippen molar-refractivity contribution in [2.24, 2.45) is 0 Å². The van der Waals surface area contributed by atoms with E-state index in [-0.39, 0.29) is 38.5 Å². The molecule has 4 aromatic rings. The molecule has 0 N–H and O–H groups in total. The number of hydrogen-bond acceptors (Lipinski definition) is 8. The van der Waals surface area contributed by atoms with Crippen molar-refractivity contribution < 1.29 is 38.1 Å². The molecule has 7 rings (SSSR count). The van der Waals surface area contributed by atoms with Crippen molar-refractivity contribution in [3.8, 4) is 0 Å². The van der Waals surface area contributed by atoms with Crippen LogP contribution < -0.4 is 0 Å². The summed E-state index contributed by atoms with van der Waals surface area (Å²) in [5.74, 6) is -1.80. The molecular weight excluding hydrogens is 584 g/mol. The van der Waals surface area contributed by atoms with Crippen LogP contribution in [0.5, 0.6) is 0 Å². The molecule has 46 heavy (non-hydrogen) atoms. The highest BCUT2D eigenvalue weighted by Gasteiger charge is 2.36. The number of benzene rings is 4. The van der Waals surface area contributed by atoms with Crippen LogP contribution >= 0.6 is 0 Å². The van der Waals surface area contributed by atoms with Gasteiger partial charge in [0.2, 0.25) is 0 Å². The van der Waals surface area contributed by atoms with Crippen molar-refractivity contribution in [3.05, 3.63) is 95.1 Å². The summed E-state index contributed by atoms with van der Waals surface area (Å²) < 4.78 is 23.5. The summed E-state index contributed by atoms with van der Waals surface area (Å²) in [6, 6.07) is 24.5. The number of hydrogen-bond donors (Lipinski definition) is 0. The Morgan fingerprint density at radius 2 is 0.630 bits per heavy atom. The molecule has 0 aromatic heterocycles. The fraction of sp³-hybridized carbons (Fsp3) is 0.368. The van der Waals surface area contributed by atoms with Gasteiger partial charge in [-0.2, -0.15) is 0 Å². The molecule has 4 aromatic carbocycles. The van der Waals surface area contributed by atoms with E-state index in [1.807, 2.05) is 48.5 Å². The highest BCUT2D eigenvalue weighted by molar-refractivity contribution is 5.85. The molecule has 1 aliphatic heterocycles. The summed E-state index contributed by atoms with van der Waals surface area (Å²) in [7, 11) is 0. The quantitative estimate of drug-likeness (QED) is 0.177. The molecule has 4 atom stereocenters. The Morgan fingerprint density at radius 1 is 0.391 bits per heavy atom. The first kappa shape index (κ1) is 30.0. The van der Waals surface area contributed by atoms with Gasteiger partial charge in [0.15, 0.2) is 0 Å². The average Bonchev–Trinajstić information content (AvgIpc) is 3.03. The zero-order chi connectivity index (χ0) is 31.6. The molecule has 8 heteroatoms. The second kappa shape index (κ2) is 12.9. The van der Waals surface area contributed by atoms with Crippen molar-refractivity contribution in [3.63, 3.8) is 0 Å². The third-order valence-corrected chi connectivity index (χ3v) is 9.30. The van der Waals surface area contributed by atoms with E-state index >= 15 is 0 Å².